The molecule has 15 heteroatoms. The maximum atomic E-state index is 13.4. The standard InChI is InChI=1S/C22H17Cl2F3N4O5S/c1-28-21(33)30-12-3-6-18(36-2)14(8-12)20(32)19-17(7-11(23)10-29-19)31-37(34,35)13-4-5-16(24)15(9-13)22(25,26)27/h3-10,31H,1-2H3,(H2,28,30,33). The Morgan fingerprint density at radius 3 is 2.38 bits per heavy atom. The monoisotopic (exact) mass is 576 g/mol. The van der Waals surface area contributed by atoms with Gasteiger partial charge in [0.2, 0.25) is 5.78 Å². The number of carbonyl (C=O) groups is 2. The van der Waals surface area contributed by atoms with E-state index >= 15 is 0 Å². The Morgan fingerprint density at radius 2 is 1.76 bits per heavy atom. The number of hydrogen-bond acceptors (Lipinski definition) is 6. The molecule has 2 amide bonds. The first kappa shape index (κ1) is 28.0. The average molecular weight is 577 g/mol. The molecule has 3 N–H and O–H groups in total. The van der Waals surface area contributed by atoms with Crippen LogP contribution in [0.25, 0.3) is 0 Å². The van der Waals surface area contributed by atoms with Crippen LogP contribution in [0.3, 0.4) is 0 Å². The number of pyridine rings is 1. The maximum absolute atomic E-state index is 13.4. The molecule has 0 spiro atoms. The number of nitrogens with one attached hydrogen (secondary N) is 3. The molecule has 3 aromatic rings. The summed E-state index contributed by atoms with van der Waals surface area (Å²) >= 11 is 11.5. The van der Waals surface area contributed by atoms with Crippen molar-refractivity contribution < 1.29 is 35.9 Å². The fraction of sp³-hybridized carbons (Fsp3) is 0.136. The van der Waals surface area contributed by atoms with Gasteiger partial charge in [-0.1, -0.05) is 23.2 Å². The zero-order valence-electron chi connectivity index (χ0n) is 18.9. The number of sulfonamides is 1. The molecular weight excluding hydrogens is 560 g/mol. The molecule has 0 unspecified atom stereocenters. The van der Waals surface area contributed by atoms with Crippen LogP contribution in [0.5, 0.6) is 5.75 Å². The van der Waals surface area contributed by atoms with Gasteiger partial charge in [-0.3, -0.25) is 9.52 Å². The van der Waals surface area contributed by atoms with Crippen molar-refractivity contribution in [1.29, 1.82) is 0 Å². The number of ether oxygens (including phenoxy) is 1. The number of methoxy groups -OCH3 is 1. The first-order chi connectivity index (χ1) is 17.3. The smallest absolute Gasteiger partial charge is 0.417 e. The Labute approximate surface area is 219 Å². The minimum atomic E-state index is -4.91. The number of nitrogens with zero attached hydrogens (tertiary/aromatic N) is 1. The zero-order valence-corrected chi connectivity index (χ0v) is 21.2. The molecule has 2 aromatic carbocycles. The Kier molecular flexibility index (Phi) is 8.20. The number of urea groups is 1. The highest BCUT2D eigenvalue weighted by Gasteiger charge is 2.35. The molecule has 0 aliphatic carbocycles. The third kappa shape index (κ3) is 6.42. The third-order valence-corrected chi connectivity index (χ3v) is 6.70. The minimum absolute atomic E-state index is 0.0664. The highest BCUT2D eigenvalue weighted by molar-refractivity contribution is 7.92. The summed E-state index contributed by atoms with van der Waals surface area (Å²) < 4.78 is 72.9. The van der Waals surface area contributed by atoms with Gasteiger partial charge in [0, 0.05) is 18.9 Å². The summed E-state index contributed by atoms with van der Waals surface area (Å²) in [4.78, 5) is 28.2. The van der Waals surface area contributed by atoms with Gasteiger partial charge in [-0.25, -0.2) is 18.2 Å². The quantitative estimate of drug-likeness (QED) is 0.332. The van der Waals surface area contributed by atoms with E-state index in [1.807, 2.05) is 0 Å². The van der Waals surface area contributed by atoms with Crippen molar-refractivity contribution in [1.82, 2.24) is 10.3 Å². The molecule has 0 saturated carbocycles. The van der Waals surface area contributed by atoms with Crippen LogP contribution in [-0.2, 0) is 16.2 Å². The summed E-state index contributed by atoms with van der Waals surface area (Å²) in [5.74, 6) is -0.760. The van der Waals surface area contributed by atoms with Gasteiger partial charge < -0.3 is 15.4 Å². The molecule has 0 aliphatic rings. The molecule has 1 heterocycles. The molecule has 196 valence electrons. The Bertz CT molecular complexity index is 1480. The van der Waals surface area contributed by atoms with Gasteiger partial charge in [-0.2, -0.15) is 13.2 Å². The van der Waals surface area contributed by atoms with Crippen LogP contribution in [0.15, 0.2) is 53.6 Å². The maximum Gasteiger partial charge on any atom is 0.417 e. The second-order valence-corrected chi connectivity index (χ2v) is 9.77. The van der Waals surface area contributed by atoms with Crippen LogP contribution >= 0.6 is 23.2 Å². The lowest BCUT2D eigenvalue weighted by atomic mass is 10.0. The molecule has 37 heavy (non-hydrogen) atoms. The van der Waals surface area contributed by atoms with E-state index in [4.69, 9.17) is 27.9 Å². The van der Waals surface area contributed by atoms with E-state index in [0.717, 1.165) is 24.4 Å². The van der Waals surface area contributed by atoms with E-state index < -0.39 is 54.9 Å². The number of halogens is 5. The van der Waals surface area contributed by atoms with Crippen LogP contribution in [-0.4, -0.2) is 39.4 Å². The summed E-state index contributed by atoms with van der Waals surface area (Å²) in [7, 11) is -1.99. The molecule has 3 rings (SSSR count). The van der Waals surface area contributed by atoms with Crippen LogP contribution in [0.4, 0.5) is 29.3 Å². The summed E-state index contributed by atoms with van der Waals surface area (Å²) in [5, 5.41) is 4.07. The number of rotatable bonds is 7. The zero-order chi connectivity index (χ0) is 27.5. The second kappa shape index (κ2) is 10.8. The lowest BCUT2D eigenvalue weighted by molar-refractivity contribution is -0.137. The lowest BCUT2D eigenvalue weighted by Gasteiger charge is -2.15. The minimum Gasteiger partial charge on any atom is -0.496 e. The number of anilines is 2. The number of hydrogen-bond donors (Lipinski definition) is 3. The molecule has 0 aliphatic heterocycles. The van der Waals surface area contributed by atoms with Gasteiger partial charge in [0.05, 0.1) is 38.9 Å². The number of benzene rings is 2. The van der Waals surface area contributed by atoms with E-state index in [2.05, 4.69) is 20.3 Å². The molecule has 1 aromatic heterocycles. The Morgan fingerprint density at radius 1 is 1.05 bits per heavy atom. The topological polar surface area (TPSA) is 126 Å². The normalized spacial score (nSPS) is 11.5. The van der Waals surface area contributed by atoms with E-state index in [1.54, 1.807) is 0 Å². The fourth-order valence-electron chi connectivity index (χ4n) is 3.07. The third-order valence-electron chi connectivity index (χ3n) is 4.80. The van der Waals surface area contributed by atoms with E-state index in [9.17, 15) is 31.2 Å². The van der Waals surface area contributed by atoms with Crippen molar-refractivity contribution in [3.8, 4) is 5.75 Å². The van der Waals surface area contributed by atoms with E-state index in [-0.39, 0.29) is 22.0 Å². The lowest BCUT2D eigenvalue weighted by Crippen LogP contribution is -2.24. The van der Waals surface area contributed by atoms with Crippen molar-refractivity contribution in [2.45, 2.75) is 11.1 Å². The molecule has 0 bridgehead atoms. The number of ketones is 1. The van der Waals surface area contributed by atoms with Crippen molar-refractivity contribution in [2.75, 3.05) is 24.2 Å². The first-order valence-corrected chi connectivity index (χ1v) is 12.3. The van der Waals surface area contributed by atoms with Gasteiger partial charge in [0.1, 0.15) is 11.4 Å². The summed E-state index contributed by atoms with van der Waals surface area (Å²) in [5.41, 5.74) is -2.10. The van der Waals surface area contributed by atoms with Gasteiger partial charge in [0.25, 0.3) is 10.0 Å². The molecule has 9 nitrogen and oxygen atoms in total. The second-order valence-electron chi connectivity index (χ2n) is 7.24. The predicted molar refractivity (Wildman–Crippen MR) is 131 cm³/mol. The molecule has 0 atom stereocenters. The van der Waals surface area contributed by atoms with E-state index in [0.29, 0.717) is 6.07 Å². The van der Waals surface area contributed by atoms with Crippen LogP contribution in [0, 0.1) is 0 Å². The number of amides is 2. The average Bonchev–Trinajstić information content (AvgIpc) is 2.82. The van der Waals surface area contributed by atoms with Gasteiger partial charge in [-0.05, 0) is 42.5 Å². The molecule has 0 radical (unpaired) electrons. The van der Waals surface area contributed by atoms with Crippen molar-refractivity contribution in [3.05, 3.63) is 75.5 Å². The largest absolute Gasteiger partial charge is 0.496 e. The predicted octanol–water partition coefficient (Wildman–Crippen LogP) is 5.20. The van der Waals surface area contributed by atoms with E-state index in [1.165, 1.54) is 32.4 Å². The number of alkyl halides is 3. The summed E-state index contributed by atoms with van der Waals surface area (Å²) in [6, 6.07) is 6.66. The molecule has 0 fully saturated rings. The number of aromatic nitrogens is 1. The Balaban J connectivity index is 2.07. The van der Waals surface area contributed by atoms with Crippen LogP contribution < -0.4 is 20.1 Å². The highest BCUT2D eigenvalue weighted by atomic mass is 35.5. The van der Waals surface area contributed by atoms with Gasteiger partial charge >= 0.3 is 12.2 Å². The van der Waals surface area contributed by atoms with Crippen molar-refractivity contribution in [3.63, 3.8) is 0 Å². The number of carbonyl (C=O) groups excluding carboxylic acids is 2. The fourth-order valence-corrected chi connectivity index (χ4v) is 4.54. The summed E-state index contributed by atoms with van der Waals surface area (Å²) in [6.45, 7) is 0. The Hall–Kier alpha value is -3.55. The molecular formula is C22H17Cl2F3N4O5S. The molecule has 0 saturated heterocycles. The summed E-state index contributed by atoms with van der Waals surface area (Å²) in [6.07, 6.45) is -3.83. The van der Waals surface area contributed by atoms with Crippen LogP contribution in [0.2, 0.25) is 10.0 Å². The highest BCUT2D eigenvalue weighted by Crippen LogP contribution is 2.36. The SMILES string of the molecule is CNC(=O)Nc1ccc(OC)c(C(=O)c2ncc(Cl)cc2NS(=O)(=O)c2ccc(Cl)c(C(F)(F)F)c2)c1. The van der Waals surface area contributed by atoms with Crippen molar-refractivity contribution >= 4 is 56.4 Å². The van der Waals surface area contributed by atoms with Gasteiger partial charge in [0.15, 0.2) is 0 Å². The van der Waals surface area contributed by atoms with Gasteiger partial charge in [-0.15, -0.1) is 0 Å². The van der Waals surface area contributed by atoms with Crippen molar-refractivity contribution in [2.24, 2.45) is 0 Å². The van der Waals surface area contributed by atoms with Crippen LogP contribution in [0.1, 0.15) is 21.6 Å². The first-order valence-electron chi connectivity index (χ1n) is 10.0.